The lowest BCUT2D eigenvalue weighted by Gasteiger charge is -2.09. The molecule has 0 aliphatic carbocycles. The lowest BCUT2D eigenvalue weighted by molar-refractivity contribution is 0.355. The van der Waals surface area contributed by atoms with Crippen LogP contribution in [0.15, 0.2) is 36.7 Å². The number of hydrogen-bond donors (Lipinski definition) is 2. The summed E-state index contributed by atoms with van der Waals surface area (Å²) in [5.74, 6) is 1.97. The van der Waals surface area contributed by atoms with Crippen molar-refractivity contribution in [2.24, 2.45) is 5.92 Å². The van der Waals surface area contributed by atoms with Crippen molar-refractivity contribution in [3.63, 3.8) is 0 Å². The Kier molecular flexibility index (Phi) is 5.35. The first-order valence-corrected chi connectivity index (χ1v) is 8.48. The Morgan fingerprint density at radius 1 is 1.22 bits per heavy atom. The van der Waals surface area contributed by atoms with Gasteiger partial charge in [-0.05, 0) is 18.1 Å². The minimum atomic E-state index is 0.288. The lowest BCUT2D eigenvalue weighted by atomic mass is 10.1. The third-order valence-electron chi connectivity index (χ3n) is 3.84. The molecule has 2 heterocycles. The molecule has 0 bridgehead atoms. The van der Waals surface area contributed by atoms with Crippen molar-refractivity contribution in [2.75, 3.05) is 19.5 Å². The van der Waals surface area contributed by atoms with E-state index in [0.717, 1.165) is 5.69 Å². The van der Waals surface area contributed by atoms with E-state index in [1.165, 1.54) is 6.21 Å². The van der Waals surface area contributed by atoms with E-state index in [-0.39, 0.29) is 5.92 Å². The molecule has 1 aromatic carbocycles. The van der Waals surface area contributed by atoms with Crippen LogP contribution in [0.3, 0.4) is 0 Å². The van der Waals surface area contributed by atoms with Gasteiger partial charge in [0.15, 0.2) is 17.1 Å². The van der Waals surface area contributed by atoms with Crippen LogP contribution in [-0.2, 0) is 0 Å². The van der Waals surface area contributed by atoms with Crippen molar-refractivity contribution in [1.82, 2.24) is 19.6 Å². The number of anilines is 2. The normalized spacial score (nSPS) is 11.7. The van der Waals surface area contributed by atoms with Gasteiger partial charge in [-0.3, -0.25) is 4.98 Å². The van der Waals surface area contributed by atoms with Gasteiger partial charge in [-0.25, -0.2) is 4.52 Å². The number of aromatic nitrogens is 4. The Balaban J connectivity index is 1.98. The lowest BCUT2D eigenvalue weighted by Crippen LogP contribution is -1.98. The summed E-state index contributed by atoms with van der Waals surface area (Å²) in [5.41, 5.74) is 2.67. The molecule has 3 aromatic rings. The molecular formula is C19H22N6O2. The first-order valence-electron chi connectivity index (χ1n) is 8.48. The number of fused-ring (bicyclic) bond motifs is 1. The van der Waals surface area contributed by atoms with Gasteiger partial charge in [0.1, 0.15) is 5.69 Å². The highest BCUT2D eigenvalue weighted by Crippen LogP contribution is 2.30. The van der Waals surface area contributed by atoms with Crippen LogP contribution in [0.5, 0.6) is 11.5 Å². The van der Waals surface area contributed by atoms with Crippen LogP contribution in [-0.4, -0.2) is 40.0 Å². The molecule has 3 rings (SSSR count). The predicted octanol–water partition coefficient (Wildman–Crippen LogP) is 3.57. The summed E-state index contributed by atoms with van der Waals surface area (Å²) >= 11 is 0. The molecule has 0 radical (unpaired) electrons. The van der Waals surface area contributed by atoms with E-state index in [1.807, 2.05) is 24.3 Å². The maximum atomic E-state index is 7.70. The third kappa shape index (κ3) is 3.89. The molecule has 8 heteroatoms. The Bertz CT molecular complexity index is 993. The molecule has 0 fully saturated rings. The molecule has 2 aromatic heterocycles. The van der Waals surface area contributed by atoms with E-state index >= 15 is 0 Å². The van der Waals surface area contributed by atoms with Crippen LogP contribution >= 0.6 is 0 Å². The molecular weight excluding hydrogens is 344 g/mol. The molecule has 0 amide bonds. The van der Waals surface area contributed by atoms with Crippen LogP contribution in [0.4, 0.5) is 11.6 Å². The van der Waals surface area contributed by atoms with E-state index in [4.69, 9.17) is 14.9 Å². The maximum absolute atomic E-state index is 7.70. The van der Waals surface area contributed by atoms with Gasteiger partial charge < -0.3 is 20.2 Å². The fourth-order valence-electron chi connectivity index (χ4n) is 2.67. The fourth-order valence-corrected chi connectivity index (χ4v) is 2.67. The maximum Gasteiger partial charge on any atom is 0.247 e. The van der Waals surface area contributed by atoms with E-state index < -0.39 is 0 Å². The number of benzene rings is 1. The summed E-state index contributed by atoms with van der Waals surface area (Å²) in [4.78, 5) is 8.94. The van der Waals surface area contributed by atoms with Gasteiger partial charge in [0.05, 0.1) is 14.2 Å². The quantitative estimate of drug-likeness (QED) is 0.620. The summed E-state index contributed by atoms with van der Waals surface area (Å²) in [6.45, 7) is 4.11. The molecule has 0 spiro atoms. The van der Waals surface area contributed by atoms with E-state index in [2.05, 4.69) is 34.2 Å². The second kappa shape index (κ2) is 7.86. The minimum absolute atomic E-state index is 0.288. The number of ether oxygens (including phenoxy) is 2. The fraction of sp³-hybridized carbons (Fsp3) is 0.263. The average Bonchev–Trinajstić information content (AvgIpc) is 3.08. The van der Waals surface area contributed by atoms with Crippen molar-refractivity contribution >= 4 is 29.1 Å². The Labute approximate surface area is 157 Å². The van der Waals surface area contributed by atoms with E-state index in [9.17, 15) is 0 Å². The zero-order valence-corrected chi connectivity index (χ0v) is 15.7. The second-order valence-electron chi connectivity index (χ2n) is 6.18. The van der Waals surface area contributed by atoms with Crippen LogP contribution in [0.25, 0.3) is 11.2 Å². The minimum Gasteiger partial charge on any atom is -0.493 e. The van der Waals surface area contributed by atoms with Gasteiger partial charge >= 0.3 is 0 Å². The van der Waals surface area contributed by atoms with E-state index in [1.54, 1.807) is 31.1 Å². The number of rotatable bonds is 7. The monoisotopic (exact) mass is 366 g/mol. The highest BCUT2D eigenvalue weighted by molar-refractivity contribution is 6.09. The van der Waals surface area contributed by atoms with Crippen molar-refractivity contribution in [2.45, 2.75) is 13.8 Å². The summed E-state index contributed by atoms with van der Waals surface area (Å²) in [6, 6.07) is 5.47. The van der Waals surface area contributed by atoms with Crippen LogP contribution in [0.1, 0.15) is 19.5 Å². The smallest absolute Gasteiger partial charge is 0.247 e. The number of allylic oxidation sites excluding steroid dienone is 2. The van der Waals surface area contributed by atoms with Crippen molar-refractivity contribution in [1.29, 1.82) is 5.41 Å². The molecule has 0 saturated carbocycles. The van der Waals surface area contributed by atoms with Gasteiger partial charge in [0, 0.05) is 35.9 Å². The summed E-state index contributed by atoms with van der Waals surface area (Å²) < 4.78 is 12.2. The van der Waals surface area contributed by atoms with Gasteiger partial charge in [-0.2, -0.15) is 4.98 Å². The molecule has 140 valence electrons. The van der Waals surface area contributed by atoms with Gasteiger partial charge in [-0.1, -0.05) is 19.9 Å². The van der Waals surface area contributed by atoms with Gasteiger partial charge in [-0.15, -0.1) is 5.10 Å². The molecule has 0 saturated heterocycles. The van der Waals surface area contributed by atoms with E-state index in [0.29, 0.717) is 34.4 Å². The Morgan fingerprint density at radius 2 is 2.00 bits per heavy atom. The topological polar surface area (TPSA) is 97.4 Å². The molecule has 27 heavy (non-hydrogen) atoms. The summed E-state index contributed by atoms with van der Waals surface area (Å²) in [5, 5.41) is 15.3. The molecule has 0 aliphatic heterocycles. The van der Waals surface area contributed by atoms with Crippen LogP contribution in [0, 0.1) is 11.3 Å². The number of hydrogen-bond acceptors (Lipinski definition) is 7. The SMILES string of the molecule is COc1ccc(Nc2nc3c(/C(C=N)=C/C(C)C)nccn3n2)cc1OC. The Hall–Kier alpha value is -3.42. The predicted molar refractivity (Wildman–Crippen MR) is 105 cm³/mol. The second-order valence-corrected chi connectivity index (χ2v) is 6.18. The average molecular weight is 366 g/mol. The molecule has 0 unspecified atom stereocenters. The van der Waals surface area contributed by atoms with Crippen molar-refractivity contribution < 1.29 is 9.47 Å². The number of nitrogens with zero attached hydrogens (tertiary/aromatic N) is 4. The number of methoxy groups -OCH3 is 2. The molecule has 0 aliphatic rings. The van der Waals surface area contributed by atoms with Crippen LogP contribution in [0.2, 0.25) is 0 Å². The van der Waals surface area contributed by atoms with Crippen LogP contribution < -0.4 is 14.8 Å². The molecule has 8 nitrogen and oxygen atoms in total. The zero-order chi connectivity index (χ0) is 19.4. The molecule has 0 atom stereocenters. The van der Waals surface area contributed by atoms with Gasteiger partial charge in [0.25, 0.3) is 0 Å². The summed E-state index contributed by atoms with van der Waals surface area (Å²) in [6.07, 6.45) is 6.64. The van der Waals surface area contributed by atoms with Gasteiger partial charge in [0.2, 0.25) is 5.95 Å². The highest BCUT2D eigenvalue weighted by atomic mass is 16.5. The van der Waals surface area contributed by atoms with Crippen molar-refractivity contribution in [3.05, 3.63) is 42.4 Å². The standard InChI is InChI=1S/C19H22N6O2/c1-12(2)9-13(11-20)17-18-23-19(24-25(18)8-7-21-17)22-14-5-6-15(26-3)16(10-14)27-4/h5-12,20H,1-4H3,(H,22,24)/b13-9+,20-11?. The largest absolute Gasteiger partial charge is 0.493 e. The molecule has 2 N–H and O–H groups in total. The highest BCUT2D eigenvalue weighted by Gasteiger charge is 2.13. The third-order valence-corrected chi connectivity index (χ3v) is 3.84. The summed E-state index contributed by atoms with van der Waals surface area (Å²) in [7, 11) is 3.18. The first-order chi connectivity index (χ1) is 13.0. The first kappa shape index (κ1) is 18.4. The number of nitrogens with one attached hydrogen (secondary N) is 2. The Morgan fingerprint density at radius 3 is 2.67 bits per heavy atom. The van der Waals surface area contributed by atoms with Crippen molar-refractivity contribution in [3.8, 4) is 11.5 Å². The zero-order valence-electron chi connectivity index (χ0n) is 15.7.